The van der Waals surface area contributed by atoms with E-state index < -0.39 is 34.0 Å². The number of aliphatic hydroxyl groups excluding tert-OH is 1. The highest BCUT2D eigenvalue weighted by molar-refractivity contribution is 6.01. The van der Waals surface area contributed by atoms with Gasteiger partial charge in [0.25, 0.3) is 0 Å². The highest BCUT2D eigenvalue weighted by Gasteiger charge is 2.81. The van der Waals surface area contributed by atoms with Crippen molar-refractivity contribution in [3.05, 3.63) is 23.8 Å². The van der Waals surface area contributed by atoms with Crippen LogP contribution in [0.4, 0.5) is 4.39 Å². The van der Waals surface area contributed by atoms with Crippen LogP contribution in [-0.2, 0) is 23.7 Å². The number of halogens is 1. The largest absolute Gasteiger partial charge is 0.390 e. The van der Waals surface area contributed by atoms with Gasteiger partial charge < -0.3 is 24.1 Å². The molecule has 170 valence electrons. The van der Waals surface area contributed by atoms with Crippen LogP contribution in [-0.4, -0.2) is 54.2 Å². The molecule has 6 aliphatic rings. The zero-order valence-electron chi connectivity index (χ0n) is 18.4. The van der Waals surface area contributed by atoms with Gasteiger partial charge in [-0.15, -0.1) is 0 Å². The Bertz CT molecular complexity index is 889. The van der Waals surface area contributed by atoms with Crippen LogP contribution in [0.1, 0.15) is 46.5 Å². The molecule has 6 nitrogen and oxygen atoms in total. The van der Waals surface area contributed by atoms with E-state index in [1.807, 2.05) is 6.92 Å². The molecule has 5 fully saturated rings. The van der Waals surface area contributed by atoms with Gasteiger partial charge in [-0.2, -0.15) is 0 Å². The average Bonchev–Trinajstić information content (AvgIpc) is 3.40. The van der Waals surface area contributed by atoms with Gasteiger partial charge in [-0.25, -0.2) is 4.39 Å². The van der Waals surface area contributed by atoms with Crippen molar-refractivity contribution in [2.75, 3.05) is 20.2 Å². The third-order valence-corrected chi connectivity index (χ3v) is 9.99. The molecule has 1 N–H and O–H groups in total. The Labute approximate surface area is 181 Å². The lowest BCUT2D eigenvalue weighted by molar-refractivity contribution is -0.277. The van der Waals surface area contributed by atoms with Crippen LogP contribution < -0.4 is 0 Å². The molecule has 1 unspecified atom stereocenters. The number of aliphatic hydroxyl groups is 1. The van der Waals surface area contributed by atoms with Crippen molar-refractivity contribution in [2.45, 2.75) is 69.6 Å². The third-order valence-electron chi connectivity index (χ3n) is 9.99. The number of alkyl halides is 1. The highest BCUT2D eigenvalue weighted by atomic mass is 19.1. The quantitative estimate of drug-likeness (QED) is 0.632. The summed E-state index contributed by atoms with van der Waals surface area (Å²) in [6.07, 6.45) is 5.80. The van der Waals surface area contributed by atoms with Gasteiger partial charge in [-0.3, -0.25) is 4.79 Å². The number of rotatable bonds is 0. The van der Waals surface area contributed by atoms with E-state index in [-0.39, 0.29) is 50.2 Å². The van der Waals surface area contributed by atoms with Gasteiger partial charge in [-0.05, 0) is 56.6 Å². The molecule has 0 radical (unpaired) electrons. The fourth-order valence-corrected chi connectivity index (χ4v) is 8.74. The SMILES string of the molecule is C[C@@H]1C[C@H]2[C@@H]3CCC4=CC(=O)C=C[C@]4(C)[C@@]3(F)[C@@H](O)C[C@]2(C)[C@]12OCOC21COCO1. The van der Waals surface area contributed by atoms with E-state index in [2.05, 4.69) is 13.8 Å². The number of carbonyl (C=O) groups is 1. The first-order valence-corrected chi connectivity index (χ1v) is 11.5. The molecule has 2 saturated heterocycles. The number of hydrogen-bond acceptors (Lipinski definition) is 6. The Hall–Kier alpha value is -1.12. The number of ether oxygens (including phenoxy) is 4. The first kappa shape index (κ1) is 20.5. The fraction of sp³-hybridized carbons (Fsp3) is 0.792. The maximum atomic E-state index is 17.3. The molecule has 0 aromatic heterocycles. The number of carbonyl (C=O) groups excluding carboxylic acids is 1. The summed E-state index contributed by atoms with van der Waals surface area (Å²) in [6.45, 7) is 6.61. The van der Waals surface area contributed by atoms with Crippen LogP contribution in [0.3, 0.4) is 0 Å². The minimum absolute atomic E-state index is 0.0110. The minimum atomic E-state index is -1.84. The molecule has 2 aliphatic heterocycles. The predicted octanol–water partition coefficient (Wildman–Crippen LogP) is 3.05. The van der Waals surface area contributed by atoms with E-state index >= 15 is 4.39 Å². The van der Waals surface area contributed by atoms with Gasteiger partial charge in [0, 0.05) is 16.7 Å². The fourth-order valence-electron chi connectivity index (χ4n) is 8.74. The Morgan fingerprint density at radius 1 is 1.16 bits per heavy atom. The van der Waals surface area contributed by atoms with Crippen molar-refractivity contribution >= 4 is 5.78 Å². The topological polar surface area (TPSA) is 74.2 Å². The van der Waals surface area contributed by atoms with E-state index in [4.69, 9.17) is 18.9 Å². The van der Waals surface area contributed by atoms with Gasteiger partial charge >= 0.3 is 0 Å². The molecule has 0 bridgehead atoms. The molecule has 0 aromatic carbocycles. The highest BCUT2D eigenvalue weighted by Crippen LogP contribution is 2.74. The molecule has 6 rings (SSSR count). The molecule has 9 atom stereocenters. The molecule has 2 heterocycles. The van der Waals surface area contributed by atoms with E-state index in [1.54, 1.807) is 12.2 Å². The lowest BCUT2D eigenvalue weighted by atomic mass is 9.44. The van der Waals surface area contributed by atoms with Crippen molar-refractivity contribution in [1.82, 2.24) is 0 Å². The Morgan fingerprint density at radius 2 is 1.94 bits per heavy atom. The second-order valence-electron chi connectivity index (χ2n) is 10.9. The van der Waals surface area contributed by atoms with Crippen molar-refractivity contribution in [2.24, 2.45) is 28.6 Å². The summed E-state index contributed by atoms with van der Waals surface area (Å²) in [5, 5.41) is 11.5. The van der Waals surface area contributed by atoms with Gasteiger partial charge in [0.15, 0.2) is 25.0 Å². The summed E-state index contributed by atoms with van der Waals surface area (Å²) in [5.41, 5.74) is -3.38. The van der Waals surface area contributed by atoms with Gasteiger partial charge in [0.1, 0.15) is 12.2 Å². The molecular formula is C24H31FO6. The first-order valence-electron chi connectivity index (χ1n) is 11.5. The Kier molecular flexibility index (Phi) is 4.00. The standard InChI is InChI=1S/C24H31FO6/c1-14-8-18-17-5-4-15-9-16(26)6-7-20(15,2)23(17,25)19(27)10-21(18,3)24(14)22(30-13-31-24)11-28-12-29-22/h6-7,9,14,17-19,27H,4-5,8,10-13H2,1-3H3/t14-,17+,18+,19+,20+,21+,22?,23+,24-/m1/s1. The first-order chi connectivity index (χ1) is 14.6. The van der Waals surface area contributed by atoms with Crippen LogP contribution >= 0.6 is 0 Å². The monoisotopic (exact) mass is 434 g/mol. The predicted molar refractivity (Wildman–Crippen MR) is 107 cm³/mol. The molecule has 3 saturated carbocycles. The average molecular weight is 435 g/mol. The van der Waals surface area contributed by atoms with Crippen LogP contribution in [0.25, 0.3) is 0 Å². The lowest BCUT2D eigenvalue weighted by Gasteiger charge is -2.63. The molecule has 2 spiro atoms. The molecule has 0 amide bonds. The zero-order chi connectivity index (χ0) is 21.9. The summed E-state index contributed by atoms with van der Waals surface area (Å²) >= 11 is 0. The summed E-state index contributed by atoms with van der Waals surface area (Å²) in [6, 6.07) is 0. The number of allylic oxidation sites excluding steroid dienone is 4. The number of hydrogen-bond donors (Lipinski definition) is 1. The Balaban J connectivity index is 1.48. The Morgan fingerprint density at radius 3 is 2.68 bits per heavy atom. The second kappa shape index (κ2) is 6.06. The zero-order valence-corrected chi connectivity index (χ0v) is 18.4. The van der Waals surface area contributed by atoms with Crippen LogP contribution in [0.2, 0.25) is 0 Å². The summed E-state index contributed by atoms with van der Waals surface area (Å²) in [5.74, 6) is -1.44. The van der Waals surface area contributed by atoms with Crippen molar-refractivity contribution in [1.29, 1.82) is 0 Å². The van der Waals surface area contributed by atoms with E-state index in [1.165, 1.54) is 6.08 Å². The van der Waals surface area contributed by atoms with Crippen molar-refractivity contribution in [3.8, 4) is 0 Å². The van der Waals surface area contributed by atoms with Crippen LogP contribution in [0, 0.1) is 28.6 Å². The van der Waals surface area contributed by atoms with Gasteiger partial charge in [0.2, 0.25) is 5.79 Å². The van der Waals surface area contributed by atoms with E-state index in [0.29, 0.717) is 12.8 Å². The van der Waals surface area contributed by atoms with Crippen molar-refractivity contribution in [3.63, 3.8) is 0 Å². The van der Waals surface area contributed by atoms with Gasteiger partial charge in [-0.1, -0.05) is 25.5 Å². The summed E-state index contributed by atoms with van der Waals surface area (Å²) in [7, 11) is 0. The van der Waals surface area contributed by atoms with E-state index in [9.17, 15) is 9.90 Å². The smallest absolute Gasteiger partial charge is 0.227 e. The molecule has 4 aliphatic carbocycles. The third kappa shape index (κ3) is 2.05. The minimum Gasteiger partial charge on any atom is -0.390 e. The number of fused-ring (bicyclic) bond motifs is 7. The van der Waals surface area contributed by atoms with Gasteiger partial charge in [0.05, 0.1) is 6.10 Å². The maximum Gasteiger partial charge on any atom is 0.227 e. The molecular weight excluding hydrogens is 403 g/mol. The summed E-state index contributed by atoms with van der Waals surface area (Å²) < 4.78 is 41.3. The maximum absolute atomic E-state index is 17.3. The summed E-state index contributed by atoms with van der Waals surface area (Å²) in [4.78, 5) is 12.0. The van der Waals surface area contributed by atoms with E-state index in [0.717, 1.165) is 12.0 Å². The second-order valence-corrected chi connectivity index (χ2v) is 10.9. The van der Waals surface area contributed by atoms with Crippen LogP contribution in [0.5, 0.6) is 0 Å². The molecule has 0 aromatic rings. The molecule has 31 heavy (non-hydrogen) atoms. The molecule has 7 heteroatoms. The lowest BCUT2D eigenvalue weighted by Crippen LogP contribution is -2.71. The number of ketones is 1. The normalized spacial score (nSPS) is 57.8. The van der Waals surface area contributed by atoms with Crippen molar-refractivity contribution < 1.29 is 33.2 Å². The van der Waals surface area contributed by atoms with Crippen LogP contribution in [0.15, 0.2) is 23.8 Å².